The Morgan fingerprint density at radius 3 is 1.88 bits per heavy atom. The van der Waals surface area contributed by atoms with Crippen molar-refractivity contribution in [3.05, 3.63) is 47.5 Å². The molecule has 186 valence electrons. The van der Waals surface area contributed by atoms with Crippen LogP contribution in [0.2, 0.25) is 0 Å². The molecule has 0 spiro atoms. The summed E-state index contributed by atoms with van der Waals surface area (Å²) in [5.74, 6) is -0.548. The number of halogens is 3. The van der Waals surface area contributed by atoms with Crippen LogP contribution in [-0.4, -0.2) is 18.9 Å². The summed E-state index contributed by atoms with van der Waals surface area (Å²) in [4.78, 5) is 4.17. The Hall–Kier alpha value is -2.35. The van der Waals surface area contributed by atoms with Gasteiger partial charge in [0.15, 0.2) is 0 Å². The van der Waals surface area contributed by atoms with Gasteiger partial charge in [0.05, 0.1) is 5.52 Å². The first-order valence-corrected chi connectivity index (χ1v) is 13.4. The van der Waals surface area contributed by atoms with Crippen LogP contribution < -0.4 is 4.18 Å². The molecule has 0 aliphatic heterocycles. The molecule has 2 aromatic carbocycles. The van der Waals surface area contributed by atoms with E-state index in [4.69, 9.17) is 0 Å². The van der Waals surface area contributed by atoms with Gasteiger partial charge in [-0.25, -0.2) is 4.98 Å². The first-order valence-electron chi connectivity index (χ1n) is 12.0. The first-order chi connectivity index (χ1) is 16.2. The molecule has 0 N–H and O–H groups in total. The normalized spacial score (nSPS) is 12.5. The Labute approximate surface area is 199 Å². The van der Waals surface area contributed by atoms with Crippen LogP contribution in [0.4, 0.5) is 13.2 Å². The highest BCUT2D eigenvalue weighted by Gasteiger charge is 2.49. The first kappa shape index (κ1) is 26.3. The maximum absolute atomic E-state index is 13.0. The molecule has 1 heterocycles. The minimum absolute atomic E-state index is 0.251. The van der Waals surface area contributed by atoms with Crippen LogP contribution in [0.5, 0.6) is 5.88 Å². The summed E-state index contributed by atoms with van der Waals surface area (Å²) in [6.45, 7) is 4.30. The van der Waals surface area contributed by atoms with Crippen molar-refractivity contribution >= 4 is 31.8 Å². The van der Waals surface area contributed by atoms with Gasteiger partial charge in [-0.2, -0.15) is 21.6 Å². The molecule has 0 fully saturated rings. The van der Waals surface area contributed by atoms with E-state index in [9.17, 15) is 21.6 Å². The highest BCUT2D eigenvalue weighted by atomic mass is 32.2. The second kappa shape index (κ2) is 11.4. The highest BCUT2D eigenvalue weighted by molar-refractivity contribution is 7.88. The van der Waals surface area contributed by atoms with Gasteiger partial charge in [-0.05, 0) is 60.4 Å². The number of hydrogen-bond donors (Lipinski definition) is 0. The van der Waals surface area contributed by atoms with Crippen LogP contribution >= 0.6 is 0 Å². The molecule has 8 heteroatoms. The lowest BCUT2D eigenvalue weighted by Gasteiger charge is -2.14. The van der Waals surface area contributed by atoms with Crippen molar-refractivity contribution in [2.45, 2.75) is 83.6 Å². The monoisotopic (exact) mass is 495 g/mol. The number of rotatable bonds is 12. The Morgan fingerprint density at radius 1 is 0.765 bits per heavy atom. The number of fused-ring (bicyclic) bond motifs is 3. The molecule has 0 saturated heterocycles. The molecule has 3 rings (SSSR count). The molecular formula is C26H32F3NO3S. The Morgan fingerprint density at radius 2 is 1.32 bits per heavy atom. The molecule has 34 heavy (non-hydrogen) atoms. The van der Waals surface area contributed by atoms with E-state index >= 15 is 0 Å². The molecule has 0 saturated carbocycles. The van der Waals surface area contributed by atoms with Crippen LogP contribution in [-0.2, 0) is 23.0 Å². The van der Waals surface area contributed by atoms with Crippen molar-refractivity contribution in [1.82, 2.24) is 4.98 Å². The molecule has 1 aromatic heterocycles. The molecule has 0 radical (unpaired) electrons. The lowest BCUT2D eigenvalue weighted by atomic mass is 9.98. The lowest BCUT2D eigenvalue weighted by Crippen LogP contribution is -2.28. The third-order valence-electron chi connectivity index (χ3n) is 6.00. The van der Waals surface area contributed by atoms with Crippen LogP contribution in [0.1, 0.15) is 76.3 Å². The van der Waals surface area contributed by atoms with E-state index in [2.05, 4.69) is 23.0 Å². The summed E-state index contributed by atoms with van der Waals surface area (Å²) < 4.78 is 66.9. The zero-order chi connectivity index (χ0) is 24.8. The van der Waals surface area contributed by atoms with E-state index in [1.807, 2.05) is 24.3 Å². The van der Waals surface area contributed by atoms with E-state index in [-0.39, 0.29) is 5.39 Å². The fourth-order valence-corrected chi connectivity index (χ4v) is 4.53. The van der Waals surface area contributed by atoms with Crippen LogP contribution in [0.25, 0.3) is 21.7 Å². The molecule has 4 nitrogen and oxygen atoms in total. The zero-order valence-electron chi connectivity index (χ0n) is 19.7. The standard InChI is InChI=1S/C26H32F3NO3S/c1-3-5-7-9-11-19-13-15-21-22(17-19)23-18-20(12-10-8-6-4-2)14-16-24(23)30-25(21)33-34(31,32)26(27,28)29/h13-18H,3-12H2,1-2H3. The van der Waals surface area contributed by atoms with Crippen LogP contribution in [0.3, 0.4) is 0 Å². The smallest absolute Gasteiger partial charge is 0.355 e. The molecular weight excluding hydrogens is 463 g/mol. The minimum atomic E-state index is -5.83. The van der Waals surface area contributed by atoms with E-state index in [0.29, 0.717) is 10.9 Å². The minimum Gasteiger partial charge on any atom is -0.355 e. The van der Waals surface area contributed by atoms with Gasteiger partial charge in [0.25, 0.3) is 0 Å². The molecule has 0 aliphatic rings. The fourth-order valence-electron chi connectivity index (χ4n) is 4.10. The lowest BCUT2D eigenvalue weighted by molar-refractivity contribution is -0.0500. The number of pyridine rings is 1. The quantitative estimate of drug-likeness (QED) is 0.111. The number of hydrogen-bond acceptors (Lipinski definition) is 4. The van der Waals surface area contributed by atoms with Crippen molar-refractivity contribution in [3.8, 4) is 5.88 Å². The van der Waals surface area contributed by atoms with Gasteiger partial charge in [-0.15, -0.1) is 0 Å². The molecule has 3 aromatic rings. The van der Waals surface area contributed by atoms with Crippen molar-refractivity contribution in [3.63, 3.8) is 0 Å². The van der Waals surface area contributed by atoms with Gasteiger partial charge in [0.1, 0.15) is 0 Å². The average molecular weight is 496 g/mol. The Balaban J connectivity index is 2.06. The van der Waals surface area contributed by atoms with Crippen LogP contribution in [0, 0.1) is 0 Å². The van der Waals surface area contributed by atoms with Crippen molar-refractivity contribution in [1.29, 1.82) is 0 Å². The molecule has 0 atom stereocenters. The second-order valence-corrected chi connectivity index (χ2v) is 10.3. The van der Waals surface area contributed by atoms with E-state index in [1.165, 1.54) is 6.42 Å². The third-order valence-corrected chi connectivity index (χ3v) is 6.94. The maximum atomic E-state index is 13.0. The van der Waals surface area contributed by atoms with Crippen molar-refractivity contribution < 1.29 is 25.8 Å². The number of nitrogens with zero attached hydrogens (tertiary/aromatic N) is 1. The zero-order valence-corrected chi connectivity index (χ0v) is 20.6. The third kappa shape index (κ3) is 6.40. The topological polar surface area (TPSA) is 56.3 Å². The van der Waals surface area contributed by atoms with Gasteiger partial charge in [0, 0.05) is 10.8 Å². The maximum Gasteiger partial charge on any atom is 0.534 e. The van der Waals surface area contributed by atoms with E-state index in [0.717, 1.165) is 74.3 Å². The highest BCUT2D eigenvalue weighted by Crippen LogP contribution is 2.35. The van der Waals surface area contributed by atoms with Crippen molar-refractivity contribution in [2.24, 2.45) is 0 Å². The van der Waals surface area contributed by atoms with Crippen LogP contribution in [0.15, 0.2) is 36.4 Å². The number of benzene rings is 2. The summed E-state index contributed by atoms with van der Waals surface area (Å²) >= 11 is 0. The molecule has 0 amide bonds. The van der Waals surface area contributed by atoms with Gasteiger partial charge in [0.2, 0.25) is 5.88 Å². The summed E-state index contributed by atoms with van der Waals surface area (Å²) in [5, 5.41) is 1.69. The summed E-state index contributed by atoms with van der Waals surface area (Å²) in [6.07, 6.45) is 10.6. The average Bonchev–Trinajstić information content (AvgIpc) is 2.79. The SMILES string of the molecule is CCCCCCc1ccc2nc(OS(=O)(=O)C(F)(F)F)c3ccc(CCCCCC)cc3c2c1. The molecule has 0 aliphatic carbocycles. The van der Waals surface area contributed by atoms with Gasteiger partial charge < -0.3 is 4.18 Å². The fraction of sp³-hybridized carbons (Fsp3) is 0.500. The number of unbranched alkanes of at least 4 members (excludes halogenated alkanes) is 6. The second-order valence-electron chi connectivity index (χ2n) is 8.75. The number of aromatic nitrogens is 1. The summed E-state index contributed by atoms with van der Waals surface area (Å²) in [7, 11) is -5.83. The predicted octanol–water partition coefficient (Wildman–Crippen LogP) is 7.86. The molecule has 0 unspecified atom stereocenters. The van der Waals surface area contributed by atoms with Gasteiger partial charge in [-0.3, -0.25) is 0 Å². The summed E-state index contributed by atoms with van der Waals surface area (Å²) in [5.41, 5.74) is -2.96. The summed E-state index contributed by atoms with van der Waals surface area (Å²) in [6, 6.07) is 11.0. The van der Waals surface area contributed by atoms with E-state index in [1.54, 1.807) is 12.1 Å². The van der Waals surface area contributed by atoms with Gasteiger partial charge in [-0.1, -0.05) is 70.6 Å². The Kier molecular flexibility index (Phi) is 8.79. The van der Waals surface area contributed by atoms with Crippen molar-refractivity contribution in [2.75, 3.05) is 0 Å². The molecule has 0 bridgehead atoms. The predicted molar refractivity (Wildman–Crippen MR) is 131 cm³/mol. The van der Waals surface area contributed by atoms with Gasteiger partial charge >= 0.3 is 15.6 Å². The number of alkyl halides is 3. The Bertz CT molecular complexity index is 1220. The number of aryl methyl sites for hydroxylation is 2. The van der Waals surface area contributed by atoms with E-state index < -0.39 is 21.5 Å². The largest absolute Gasteiger partial charge is 0.534 e.